The van der Waals surface area contributed by atoms with E-state index in [2.05, 4.69) is 27.7 Å². The Morgan fingerprint density at radius 2 is 1.43 bits per heavy atom. The van der Waals surface area contributed by atoms with Gasteiger partial charge >= 0.3 is 0 Å². The summed E-state index contributed by atoms with van der Waals surface area (Å²) in [6, 6.07) is 0. The second-order valence-electron chi connectivity index (χ2n) is 6.84. The van der Waals surface area contributed by atoms with Gasteiger partial charge in [-0.1, -0.05) is 46.5 Å². The average molecular weight is 333 g/mol. The molecule has 1 N–H and O–H groups in total. The van der Waals surface area contributed by atoms with Crippen molar-refractivity contribution >= 4 is 0 Å². The van der Waals surface area contributed by atoms with E-state index in [9.17, 15) is 0 Å². The van der Waals surface area contributed by atoms with Gasteiger partial charge in [-0.15, -0.1) is 0 Å². The van der Waals surface area contributed by atoms with Crippen molar-refractivity contribution < 1.29 is 19.3 Å². The van der Waals surface area contributed by atoms with Crippen molar-refractivity contribution in [3.8, 4) is 0 Å². The van der Waals surface area contributed by atoms with Gasteiger partial charge in [0.05, 0.1) is 44.2 Å². The summed E-state index contributed by atoms with van der Waals surface area (Å²) in [6.45, 7) is 13.8. The molecule has 0 aromatic carbocycles. The first-order chi connectivity index (χ1) is 10.9. The third kappa shape index (κ3) is 11.9. The molecular weight excluding hydrogens is 292 g/mol. The van der Waals surface area contributed by atoms with Crippen LogP contribution in [-0.4, -0.2) is 49.3 Å². The predicted molar refractivity (Wildman–Crippen MR) is 95.8 cm³/mol. The molecule has 0 bridgehead atoms. The number of aliphatic hydroxyl groups is 1. The highest BCUT2D eigenvalue weighted by atomic mass is 16.6. The summed E-state index contributed by atoms with van der Waals surface area (Å²) < 4.78 is 17.5. The maximum absolute atomic E-state index is 8.94. The smallest absolute Gasteiger partial charge is 0.0784 e. The predicted octanol–water partition coefficient (Wildman–Crippen LogP) is 4.19. The van der Waals surface area contributed by atoms with Gasteiger partial charge in [0.2, 0.25) is 0 Å². The molecule has 5 atom stereocenters. The van der Waals surface area contributed by atoms with Crippen molar-refractivity contribution in [1.82, 2.24) is 0 Å². The molecule has 0 aromatic rings. The molecule has 0 radical (unpaired) electrons. The Bertz CT molecular complexity index is 260. The Kier molecular flexibility index (Phi) is 14.1. The number of rotatable bonds is 15. The molecule has 0 saturated carbocycles. The summed E-state index contributed by atoms with van der Waals surface area (Å²) in [6.07, 6.45) is 6.34. The fraction of sp³-hybridized carbons (Fsp3) is 1.00. The summed E-state index contributed by atoms with van der Waals surface area (Å²) in [5.74, 6) is 0.584. The van der Waals surface area contributed by atoms with Crippen LogP contribution in [0.25, 0.3) is 0 Å². The molecule has 4 heteroatoms. The first kappa shape index (κ1) is 22.8. The van der Waals surface area contributed by atoms with Gasteiger partial charge in [0, 0.05) is 0 Å². The lowest BCUT2D eigenvalue weighted by molar-refractivity contribution is -0.101. The zero-order valence-corrected chi connectivity index (χ0v) is 16.2. The van der Waals surface area contributed by atoms with Crippen LogP contribution in [-0.2, 0) is 14.2 Å². The molecular formula is C19H40O4. The van der Waals surface area contributed by atoms with Gasteiger partial charge in [0.1, 0.15) is 0 Å². The van der Waals surface area contributed by atoms with Crippen LogP contribution >= 0.6 is 0 Å². The lowest BCUT2D eigenvalue weighted by Crippen LogP contribution is -2.31. The first-order valence-electron chi connectivity index (χ1n) is 9.43. The topological polar surface area (TPSA) is 47.9 Å². The lowest BCUT2D eigenvalue weighted by Gasteiger charge is -2.28. The van der Waals surface area contributed by atoms with E-state index in [4.69, 9.17) is 19.3 Å². The monoisotopic (exact) mass is 332 g/mol. The van der Waals surface area contributed by atoms with Crippen molar-refractivity contribution in [2.75, 3.05) is 19.8 Å². The number of unbranched alkanes of at least 4 members (excludes halogenated alkanes) is 2. The molecule has 0 aliphatic heterocycles. The Morgan fingerprint density at radius 3 is 2.00 bits per heavy atom. The van der Waals surface area contributed by atoms with Crippen LogP contribution in [0.1, 0.15) is 73.6 Å². The van der Waals surface area contributed by atoms with Crippen molar-refractivity contribution in [2.45, 2.75) is 98.1 Å². The molecule has 0 saturated heterocycles. The Labute approximate surface area is 143 Å². The van der Waals surface area contributed by atoms with E-state index in [1.807, 2.05) is 13.8 Å². The third-order valence-electron chi connectivity index (χ3n) is 4.27. The summed E-state index contributed by atoms with van der Waals surface area (Å²) in [7, 11) is 0. The SMILES string of the molecule is CCCCCC(OC(C)COC(C)COC(C)CO)C(C)CC. The van der Waals surface area contributed by atoms with Gasteiger partial charge < -0.3 is 19.3 Å². The van der Waals surface area contributed by atoms with Crippen LogP contribution < -0.4 is 0 Å². The lowest BCUT2D eigenvalue weighted by atomic mass is 9.96. The van der Waals surface area contributed by atoms with E-state index in [0.29, 0.717) is 25.2 Å². The Hall–Kier alpha value is -0.160. The second kappa shape index (κ2) is 14.2. The molecule has 5 unspecified atom stereocenters. The van der Waals surface area contributed by atoms with Gasteiger partial charge in [-0.05, 0) is 33.1 Å². The molecule has 0 aliphatic rings. The summed E-state index contributed by atoms with van der Waals surface area (Å²) in [4.78, 5) is 0. The summed E-state index contributed by atoms with van der Waals surface area (Å²) >= 11 is 0. The molecule has 0 fully saturated rings. The second-order valence-corrected chi connectivity index (χ2v) is 6.84. The van der Waals surface area contributed by atoms with E-state index >= 15 is 0 Å². The fourth-order valence-corrected chi connectivity index (χ4v) is 2.38. The minimum Gasteiger partial charge on any atom is -0.394 e. The maximum atomic E-state index is 8.94. The number of ether oxygens (including phenoxy) is 3. The maximum Gasteiger partial charge on any atom is 0.0784 e. The highest BCUT2D eigenvalue weighted by molar-refractivity contribution is 4.68. The summed E-state index contributed by atoms with van der Waals surface area (Å²) in [5, 5.41) is 8.94. The standard InChI is InChI=1S/C19H40O4/c1-7-9-10-11-19(15(3)8-2)23-18(6)14-22-17(5)13-21-16(4)12-20/h15-20H,7-14H2,1-6H3. The van der Waals surface area contributed by atoms with E-state index in [0.717, 1.165) is 12.8 Å². The fourth-order valence-electron chi connectivity index (χ4n) is 2.38. The van der Waals surface area contributed by atoms with Crippen LogP contribution in [0.3, 0.4) is 0 Å². The molecule has 0 spiro atoms. The van der Waals surface area contributed by atoms with Crippen molar-refractivity contribution in [3.05, 3.63) is 0 Å². The average Bonchev–Trinajstić information content (AvgIpc) is 2.56. The highest BCUT2D eigenvalue weighted by Crippen LogP contribution is 2.20. The van der Waals surface area contributed by atoms with Crippen LogP contribution in [0.4, 0.5) is 0 Å². The largest absolute Gasteiger partial charge is 0.394 e. The van der Waals surface area contributed by atoms with E-state index in [1.54, 1.807) is 0 Å². The van der Waals surface area contributed by atoms with Crippen LogP contribution in [0.5, 0.6) is 0 Å². The van der Waals surface area contributed by atoms with Gasteiger partial charge in [0.15, 0.2) is 0 Å². The molecule has 0 aromatic heterocycles. The zero-order valence-electron chi connectivity index (χ0n) is 16.2. The normalized spacial score (nSPS) is 18.4. The summed E-state index contributed by atoms with van der Waals surface area (Å²) in [5.41, 5.74) is 0. The minimum absolute atomic E-state index is 0.0113. The first-order valence-corrected chi connectivity index (χ1v) is 9.43. The quantitative estimate of drug-likeness (QED) is 0.457. The molecule has 140 valence electrons. The third-order valence-corrected chi connectivity index (χ3v) is 4.27. The number of hydrogen-bond donors (Lipinski definition) is 1. The van der Waals surface area contributed by atoms with Crippen molar-refractivity contribution in [1.29, 1.82) is 0 Å². The Morgan fingerprint density at radius 1 is 0.826 bits per heavy atom. The molecule has 0 aliphatic carbocycles. The van der Waals surface area contributed by atoms with Crippen molar-refractivity contribution in [2.24, 2.45) is 5.92 Å². The van der Waals surface area contributed by atoms with E-state index in [-0.39, 0.29) is 24.9 Å². The molecule has 23 heavy (non-hydrogen) atoms. The highest BCUT2D eigenvalue weighted by Gasteiger charge is 2.19. The van der Waals surface area contributed by atoms with Gasteiger partial charge in [-0.2, -0.15) is 0 Å². The number of aliphatic hydroxyl groups excluding tert-OH is 1. The molecule has 0 amide bonds. The molecule has 0 rings (SSSR count). The Balaban J connectivity index is 4.07. The van der Waals surface area contributed by atoms with Crippen molar-refractivity contribution in [3.63, 3.8) is 0 Å². The van der Waals surface area contributed by atoms with Crippen LogP contribution in [0.15, 0.2) is 0 Å². The van der Waals surface area contributed by atoms with Gasteiger partial charge in [-0.3, -0.25) is 0 Å². The van der Waals surface area contributed by atoms with Crippen LogP contribution in [0.2, 0.25) is 0 Å². The van der Waals surface area contributed by atoms with Crippen LogP contribution in [0, 0.1) is 5.92 Å². The molecule has 0 heterocycles. The van der Waals surface area contributed by atoms with E-state index < -0.39 is 0 Å². The van der Waals surface area contributed by atoms with Gasteiger partial charge in [0.25, 0.3) is 0 Å². The van der Waals surface area contributed by atoms with E-state index in [1.165, 1.54) is 19.3 Å². The minimum atomic E-state index is -0.136. The number of hydrogen-bond acceptors (Lipinski definition) is 4. The zero-order chi connectivity index (χ0) is 17.7. The molecule has 4 nitrogen and oxygen atoms in total. The van der Waals surface area contributed by atoms with Gasteiger partial charge in [-0.25, -0.2) is 0 Å².